The molecule has 2 atom stereocenters. The van der Waals surface area contributed by atoms with Crippen molar-refractivity contribution in [2.24, 2.45) is 0 Å². The number of nitrogens with one attached hydrogen (secondary N) is 1. The molecule has 0 radical (unpaired) electrons. The van der Waals surface area contributed by atoms with E-state index in [4.69, 9.17) is 9.47 Å². The number of urea groups is 1. The molecule has 176 valence electrons. The van der Waals surface area contributed by atoms with E-state index in [2.05, 4.69) is 5.32 Å². The van der Waals surface area contributed by atoms with E-state index in [9.17, 15) is 14.7 Å². The van der Waals surface area contributed by atoms with Crippen LogP contribution in [0.4, 0.5) is 4.79 Å². The molecule has 0 fully saturated rings. The van der Waals surface area contributed by atoms with Crippen molar-refractivity contribution < 1.29 is 24.2 Å². The molecule has 1 aliphatic rings. The Morgan fingerprint density at radius 3 is 2.24 bits per heavy atom. The Morgan fingerprint density at radius 1 is 1.00 bits per heavy atom. The fraction of sp³-hybridized carbons (Fsp3) is 0.259. The molecule has 7 nitrogen and oxygen atoms in total. The number of amides is 2. The largest absolute Gasteiger partial charge is 0.493 e. The van der Waals surface area contributed by atoms with Crippen LogP contribution in [0.25, 0.3) is 0 Å². The summed E-state index contributed by atoms with van der Waals surface area (Å²) in [6.07, 6.45) is 0.816. The molecule has 0 unspecified atom stereocenters. The molecular weight excluding hydrogens is 432 g/mol. The molecule has 3 aromatic carbocycles. The number of carboxylic acids is 1. The van der Waals surface area contributed by atoms with Gasteiger partial charge in [-0.15, -0.1) is 0 Å². The molecule has 1 aliphatic heterocycles. The van der Waals surface area contributed by atoms with Gasteiger partial charge in [-0.2, -0.15) is 0 Å². The molecule has 0 spiro atoms. The number of carbonyl (C=O) groups excluding carboxylic acids is 1. The second-order valence-electron chi connectivity index (χ2n) is 8.19. The fourth-order valence-electron chi connectivity index (χ4n) is 4.44. The number of nitrogens with zero attached hydrogens (tertiary/aromatic N) is 1. The van der Waals surface area contributed by atoms with Gasteiger partial charge >= 0.3 is 12.0 Å². The van der Waals surface area contributed by atoms with Crippen molar-refractivity contribution >= 4 is 12.0 Å². The van der Waals surface area contributed by atoms with Gasteiger partial charge in [-0.05, 0) is 40.8 Å². The number of hydrogen-bond donors (Lipinski definition) is 2. The standard InChI is InChI=1S/C27H28N2O5/c1-33-23-16-20-13-14-29(25(19-11-7-4-8-12-19)21(20)17-24(23)34-2)27(32)28-22(26(30)31)15-18-9-5-3-6-10-18/h3-12,16-17,22,25H,13-15H2,1-2H3,(H,28,32)(H,30,31)/t22-,25+/m0/s1. The van der Waals surface area contributed by atoms with Crippen LogP contribution in [0, 0.1) is 0 Å². The number of hydrogen-bond acceptors (Lipinski definition) is 4. The van der Waals surface area contributed by atoms with Crippen molar-refractivity contribution in [3.63, 3.8) is 0 Å². The zero-order valence-corrected chi connectivity index (χ0v) is 19.2. The topological polar surface area (TPSA) is 88.1 Å². The smallest absolute Gasteiger partial charge is 0.326 e. The summed E-state index contributed by atoms with van der Waals surface area (Å²) in [7, 11) is 3.18. The van der Waals surface area contributed by atoms with Gasteiger partial charge in [0.2, 0.25) is 0 Å². The molecule has 2 amide bonds. The number of ether oxygens (including phenoxy) is 2. The van der Waals surface area contributed by atoms with Gasteiger partial charge in [0.25, 0.3) is 0 Å². The van der Waals surface area contributed by atoms with Crippen molar-refractivity contribution in [2.45, 2.75) is 24.9 Å². The molecule has 0 bridgehead atoms. The van der Waals surface area contributed by atoms with Gasteiger partial charge in [0.1, 0.15) is 6.04 Å². The Balaban J connectivity index is 1.67. The third kappa shape index (κ3) is 4.83. The van der Waals surface area contributed by atoms with Crippen LogP contribution in [0.1, 0.15) is 28.3 Å². The summed E-state index contributed by atoms with van der Waals surface area (Å²) >= 11 is 0. The van der Waals surface area contributed by atoms with Crippen molar-refractivity contribution in [1.29, 1.82) is 0 Å². The summed E-state index contributed by atoms with van der Waals surface area (Å²) in [5.74, 6) is 0.147. The Bertz CT molecular complexity index is 1150. The predicted molar refractivity (Wildman–Crippen MR) is 128 cm³/mol. The number of fused-ring (bicyclic) bond motifs is 1. The van der Waals surface area contributed by atoms with Crippen LogP contribution in [0.5, 0.6) is 11.5 Å². The van der Waals surface area contributed by atoms with E-state index in [-0.39, 0.29) is 6.42 Å². The molecule has 0 aromatic heterocycles. The first kappa shape index (κ1) is 23.2. The van der Waals surface area contributed by atoms with Crippen LogP contribution in [0.2, 0.25) is 0 Å². The van der Waals surface area contributed by atoms with Crippen LogP contribution in [-0.4, -0.2) is 48.8 Å². The minimum Gasteiger partial charge on any atom is -0.493 e. The van der Waals surface area contributed by atoms with Crippen molar-refractivity contribution in [2.75, 3.05) is 20.8 Å². The van der Waals surface area contributed by atoms with Crippen LogP contribution >= 0.6 is 0 Å². The van der Waals surface area contributed by atoms with Crippen LogP contribution in [-0.2, 0) is 17.6 Å². The number of carbonyl (C=O) groups is 2. The van der Waals surface area contributed by atoms with E-state index in [1.807, 2.05) is 72.8 Å². The second-order valence-corrected chi connectivity index (χ2v) is 8.19. The lowest BCUT2D eigenvalue weighted by molar-refractivity contribution is -0.139. The van der Waals surface area contributed by atoms with Gasteiger partial charge in [-0.25, -0.2) is 9.59 Å². The van der Waals surface area contributed by atoms with E-state index < -0.39 is 24.1 Å². The van der Waals surface area contributed by atoms with Gasteiger partial charge in [-0.3, -0.25) is 0 Å². The first-order valence-corrected chi connectivity index (χ1v) is 11.2. The van der Waals surface area contributed by atoms with Crippen molar-refractivity contribution in [3.05, 3.63) is 95.1 Å². The highest BCUT2D eigenvalue weighted by Crippen LogP contribution is 2.41. The summed E-state index contributed by atoms with van der Waals surface area (Å²) in [5.41, 5.74) is 3.77. The summed E-state index contributed by atoms with van der Waals surface area (Å²) < 4.78 is 11.0. The van der Waals surface area contributed by atoms with Gasteiger partial charge in [0.05, 0.1) is 20.3 Å². The SMILES string of the molecule is COc1cc2c(cc1OC)[C@@H](c1ccccc1)N(C(=O)N[C@@H](Cc1ccccc1)C(=O)O)CC2. The van der Waals surface area contributed by atoms with E-state index in [1.165, 1.54) is 0 Å². The Kier molecular flexibility index (Phi) is 7.01. The third-order valence-electron chi connectivity index (χ3n) is 6.13. The van der Waals surface area contributed by atoms with Crippen molar-refractivity contribution in [1.82, 2.24) is 10.2 Å². The van der Waals surface area contributed by atoms with E-state index >= 15 is 0 Å². The zero-order chi connectivity index (χ0) is 24.1. The molecule has 34 heavy (non-hydrogen) atoms. The Morgan fingerprint density at radius 2 is 1.62 bits per heavy atom. The molecular formula is C27H28N2O5. The zero-order valence-electron chi connectivity index (χ0n) is 19.2. The average molecular weight is 461 g/mol. The summed E-state index contributed by atoms with van der Waals surface area (Å²) in [6.45, 7) is 0.436. The maximum atomic E-state index is 13.5. The van der Waals surface area contributed by atoms with Gasteiger partial charge < -0.3 is 24.8 Å². The average Bonchev–Trinajstić information content (AvgIpc) is 2.87. The summed E-state index contributed by atoms with van der Waals surface area (Å²) in [4.78, 5) is 27.1. The highest BCUT2D eigenvalue weighted by molar-refractivity contribution is 5.83. The lowest BCUT2D eigenvalue weighted by Crippen LogP contribution is -2.51. The fourth-order valence-corrected chi connectivity index (χ4v) is 4.44. The van der Waals surface area contributed by atoms with Gasteiger partial charge in [-0.1, -0.05) is 60.7 Å². The van der Waals surface area contributed by atoms with E-state index in [0.29, 0.717) is 24.5 Å². The van der Waals surface area contributed by atoms with E-state index in [0.717, 1.165) is 22.3 Å². The predicted octanol–water partition coefficient (Wildman–Crippen LogP) is 4.06. The monoisotopic (exact) mass is 460 g/mol. The van der Waals surface area contributed by atoms with E-state index in [1.54, 1.807) is 19.1 Å². The third-order valence-corrected chi connectivity index (χ3v) is 6.13. The molecule has 0 aliphatic carbocycles. The second kappa shape index (κ2) is 10.3. The van der Waals surface area contributed by atoms with Crippen LogP contribution in [0.3, 0.4) is 0 Å². The summed E-state index contributed by atoms with van der Waals surface area (Å²) in [6, 6.07) is 21.0. The molecule has 1 heterocycles. The lowest BCUT2D eigenvalue weighted by Gasteiger charge is -2.38. The van der Waals surface area contributed by atoms with Crippen LogP contribution in [0.15, 0.2) is 72.8 Å². The maximum Gasteiger partial charge on any atom is 0.326 e. The molecule has 4 rings (SSSR count). The van der Waals surface area contributed by atoms with Crippen molar-refractivity contribution in [3.8, 4) is 11.5 Å². The lowest BCUT2D eigenvalue weighted by atomic mass is 9.88. The maximum absolute atomic E-state index is 13.5. The number of benzene rings is 3. The van der Waals surface area contributed by atoms with Gasteiger partial charge in [0.15, 0.2) is 11.5 Å². The van der Waals surface area contributed by atoms with Crippen LogP contribution < -0.4 is 14.8 Å². The molecule has 2 N–H and O–H groups in total. The molecule has 0 saturated heterocycles. The normalized spacial score (nSPS) is 15.7. The first-order chi connectivity index (χ1) is 16.5. The quantitative estimate of drug-likeness (QED) is 0.555. The highest BCUT2D eigenvalue weighted by Gasteiger charge is 2.35. The molecule has 3 aromatic rings. The minimum absolute atomic E-state index is 0.202. The Labute approximate surface area is 198 Å². The number of aliphatic carboxylic acids is 1. The molecule has 7 heteroatoms. The first-order valence-electron chi connectivity index (χ1n) is 11.2. The number of methoxy groups -OCH3 is 2. The van der Waals surface area contributed by atoms with Gasteiger partial charge in [0, 0.05) is 13.0 Å². The summed E-state index contributed by atoms with van der Waals surface area (Å²) in [5, 5.41) is 12.5. The Hall–Kier alpha value is -4.00. The number of rotatable bonds is 7. The molecule has 0 saturated carbocycles. The highest BCUT2D eigenvalue weighted by atomic mass is 16.5. The number of carboxylic acid groups (broad SMARTS) is 1. The minimum atomic E-state index is -1.07.